The molecule has 49 heavy (non-hydrogen) atoms. The second kappa shape index (κ2) is 11.7. The predicted octanol–water partition coefficient (Wildman–Crippen LogP) is 7.31. The van der Waals surface area contributed by atoms with E-state index in [-0.39, 0.29) is 0 Å². The van der Waals surface area contributed by atoms with Gasteiger partial charge in [0.1, 0.15) is 0 Å². The van der Waals surface area contributed by atoms with Gasteiger partial charge in [-0.25, -0.2) is 9.98 Å². The minimum absolute atomic E-state index is 0.524. The van der Waals surface area contributed by atoms with Crippen molar-refractivity contribution in [3.05, 3.63) is 208 Å². The minimum Gasteiger partial charge on any atom is -0.366 e. The summed E-state index contributed by atoms with van der Waals surface area (Å²) in [5.41, 5.74) is 7.82. The van der Waals surface area contributed by atoms with Crippen LogP contribution in [0.2, 0.25) is 0 Å². The van der Waals surface area contributed by atoms with E-state index in [1.165, 1.54) is 0 Å². The van der Waals surface area contributed by atoms with E-state index < -0.39 is 11.6 Å². The first-order valence-corrected chi connectivity index (χ1v) is 16.5. The molecule has 5 nitrogen and oxygen atoms in total. The Morgan fingerprint density at radius 1 is 0.571 bits per heavy atom. The van der Waals surface area contributed by atoms with Crippen molar-refractivity contribution in [3.63, 3.8) is 0 Å². The summed E-state index contributed by atoms with van der Waals surface area (Å²) >= 11 is 0. The third-order valence-corrected chi connectivity index (χ3v) is 9.43. The van der Waals surface area contributed by atoms with Crippen molar-refractivity contribution < 1.29 is 5.11 Å². The van der Waals surface area contributed by atoms with E-state index in [1.807, 2.05) is 103 Å². The first-order valence-electron chi connectivity index (χ1n) is 16.5. The van der Waals surface area contributed by atoms with Gasteiger partial charge in [0.05, 0.1) is 34.4 Å². The number of para-hydroxylation sites is 1. The van der Waals surface area contributed by atoms with Gasteiger partial charge >= 0.3 is 0 Å². The highest BCUT2D eigenvalue weighted by Crippen LogP contribution is 2.58. The number of rotatable bonds is 4. The van der Waals surface area contributed by atoms with Crippen molar-refractivity contribution in [1.82, 2.24) is 4.98 Å². The fraction of sp³-hybridized carbons (Fsp3) is 0.0455. The Morgan fingerprint density at radius 2 is 1.14 bits per heavy atom. The van der Waals surface area contributed by atoms with Crippen LogP contribution in [-0.4, -0.2) is 27.2 Å². The maximum Gasteiger partial charge on any atom is 0.182 e. The summed E-state index contributed by atoms with van der Waals surface area (Å²) in [7, 11) is 0. The van der Waals surface area contributed by atoms with Gasteiger partial charge < -0.3 is 15.0 Å². The van der Waals surface area contributed by atoms with E-state index in [0.29, 0.717) is 11.3 Å². The maximum absolute atomic E-state index is 14.2. The molecule has 4 aliphatic rings. The van der Waals surface area contributed by atoms with Crippen LogP contribution in [0, 0.1) is 0 Å². The number of aliphatic hydroxyl groups is 1. The molecule has 0 saturated heterocycles. The van der Waals surface area contributed by atoms with E-state index in [0.717, 1.165) is 61.5 Å². The number of hydrogen-bond donors (Lipinski definition) is 2. The Kier molecular flexibility index (Phi) is 6.92. The lowest BCUT2D eigenvalue weighted by Crippen LogP contribution is -2.50. The molecule has 8 bridgehead atoms. The van der Waals surface area contributed by atoms with Gasteiger partial charge in [-0.3, -0.25) is 0 Å². The highest BCUT2D eigenvalue weighted by Gasteiger charge is 2.56. The van der Waals surface area contributed by atoms with Crippen molar-refractivity contribution in [3.8, 4) is 0 Å². The molecule has 0 fully saturated rings. The molecule has 9 rings (SSSR count). The number of H-pyrrole nitrogens is 1. The number of aromatic amines is 1. The van der Waals surface area contributed by atoms with Gasteiger partial charge in [-0.2, -0.15) is 0 Å². The number of allylic oxidation sites excluding steroid dienone is 5. The van der Waals surface area contributed by atoms with Crippen LogP contribution in [0.5, 0.6) is 0 Å². The molecule has 0 radical (unpaired) electrons. The first kappa shape index (κ1) is 28.9. The molecule has 5 aromatic rings. The molecule has 5 heterocycles. The number of nitrogens with zero attached hydrogens (tertiary/aromatic N) is 3. The topological polar surface area (TPSA) is 64.0 Å². The van der Waals surface area contributed by atoms with Crippen LogP contribution in [0.15, 0.2) is 191 Å². The number of nitrogens with one attached hydrogen (secondary N) is 1. The highest BCUT2D eigenvalue weighted by molar-refractivity contribution is 6.20. The smallest absolute Gasteiger partial charge is 0.182 e. The Balaban J connectivity index is 1.47. The quantitative estimate of drug-likeness (QED) is 0.218. The van der Waals surface area contributed by atoms with E-state index >= 15 is 0 Å². The van der Waals surface area contributed by atoms with Crippen molar-refractivity contribution in [2.45, 2.75) is 11.6 Å². The molecule has 234 valence electrons. The van der Waals surface area contributed by atoms with Crippen LogP contribution < -0.4 is 15.6 Å². The largest absolute Gasteiger partial charge is 0.366 e. The van der Waals surface area contributed by atoms with Gasteiger partial charge in [-0.1, -0.05) is 109 Å². The van der Waals surface area contributed by atoms with Gasteiger partial charge in [-0.15, -0.1) is 0 Å². The van der Waals surface area contributed by atoms with Gasteiger partial charge in [-0.05, 0) is 89.1 Å². The van der Waals surface area contributed by atoms with E-state index in [9.17, 15) is 5.11 Å². The molecule has 5 heteroatoms. The van der Waals surface area contributed by atoms with Gasteiger partial charge in [0.2, 0.25) is 0 Å². The standard InChI is InChI=1S/C44H32N4O/c49-44-42(31-15-7-2-8-16-31)39-26-25-36(47-39)28-35-22-21-33(45-35)27-34-23-24-37(46-34)29-40(48(44)38-19-11-4-12-20-38)41(30-13-5-1-6-14-30)43(44)32-17-9-3-10-18-32/h1-29,43,45,49H. The summed E-state index contributed by atoms with van der Waals surface area (Å²) in [6, 6.07) is 45.2. The SMILES string of the molecule is OC12C(c3ccccc3)=C3C=CC(=N3)C=c3ccc([nH]3)=CC3=NC(=CC(=C(c4ccccc4)C1c1ccccc1)N2c1ccccc1)C=C3. The zero-order chi connectivity index (χ0) is 32.8. The highest BCUT2D eigenvalue weighted by atomic mass is 16.3. The molecule has 0 spiro atoms. The lowest BCUT2D eigenvalue weighted by atomic mass is 9.75. The Morgan fingerprint density at radius 3 is 1.82 bits per heavy atom. The summed E-state index contributed by atoms with van der Waals surface area (Å²) < 4.78 is 0. The molecule has 0 amide bonds. The zero-order valence-corrected chi connectivity index (χ0v) is 26.6. The molecule has 2 atom stereocenters. The molecular formula is C44H32N4O. The fourth-order valence-electron chi connectivity index (χ4n) is 7.43. The number of fused-ring (bicyclic) bond motifs is 6. The van der Waals surface area contributed by atoms with Crippen LogP contribution in [-0.2, 0) is 0 Å². The minimum atomic E-state index is -1.64. The van der Waals surface area contributed by atoms with Crippen LogP contribution in [0.4, 0.5) is 5.69 Å². The first-order chi connectivity index (χ1) is 24.1. The van der Waals surface area contributed by atoms with Crippen LogP contribution in [0.25, 0.3) is 23.3 Å². The zero-order valence-electron chi connectivity index (χ0n) is 26.6. The Labute approximate surface area is 284 Å². The van der Waals surface area contributed by atoms with Gasteiger partial charge in [0.25, 0.3) is 0 Å². The predicted molar refractivity (Wildman–Crippen MR) is 200 cm³/mol. The summed E-state index contributed by atoms with van der Waals surface area (Å²) in [6.07, 6.45) is 14.3. The molecule has 4 aromatic carbocycles. The normalized spacial score (nSPS) is 21.0. The maximum atomic E-state index is 14.2. The lowest BCUT2D eigenvalue weighted by Gasteiger charge is -2.43. The van der Waals surface area contributed by atoms with Crippen molar-refractivity contribution in [2.24, 2.45) is 9.98 Å². The van der Waals surface area contributed by atoms with Gasteiger partial charge in [0.15, 0.2) is 5.72 Å². The third kappa shape index (κ3) is 5.00. The van der Waals surface area contributed by atoms with Crippen LogP contribution in [0.3, 0.4) is 0 Å². The Hall–Kier alpha value is -6.30. The van der Waals surface area contributed by atoms with Crippen LogP contribution >= 0.6 is 0 Å². The van der Waals surface area contributed by atoms with E-state index in [1.54, 1.807) is 0 Å². The van der Waals surface area contributed by atoms with Crippen molar-refractivity contribution >= 4 is 40.4 Å². The lowest BCUT2D eigenvalue weighted by molar-refractivity contribution is 0.101. The summed E-state index contributed by atoms with van der Waals surface area (Å²) in [5, 5.41) is 16.1. The van der Waals surface area contributed by atoms with E-state index in [2.05, 4.69) is 82.7 Å². The third-order valence-electron chi connectivity index (χ3n) is 9.43. The molecule has 2 N–H and O–H groups in total. The number of benzene rings is 4. The number of aromatic nitrogens is 1. The fourth-order valence-corrected chi connectivity index (χ4v) is 7.43. The van der Waals surface area contributed by atoms with Crippen molar-refractivity contribution in [1.29, 1.82) is 0 Å². The average molecular weight is 633 g/mol. The summed E-state index contributed by atoms with van der Waals surface area (Å²) in [6.45, 7) is 0. The monoisotopic (exact) mass is 632 g/mol. The molecule has 4 aliphatic heterocycles. The summed E-state index contributed by atoms with van der Waals surface area (Å²) in [4.78, 5) is 15.9. The molecule has 0 aliphatic carbocycles. The molecule has 0 saturated carbocycles. The molecule has 2 unspecified atom stereocenters. The van der Waals surface area contributed by atoms with Crippen LogP contribution in [0.1, 0.15) is 22.6 Å². The van der Waals surface area contributed by atoms with E-state index in [4.69, 9.17) is 9.98 Å². The summed E-state index contributed by atoms with van der Waals surface area (Å²) in [5.74, 6) is -0.524. The van der Waals surface area contributed by atoms with Crippen molar-refractivity contribution in [2.75, 3.05) is 4.90 Å². The average Bonchev–Trinajstić information content (AvgIpc) is 3.94. The molecular weight excluding hydrogens is 601 g/mol. The number of hydrogen-bond acceptors (Lipinski definition) is 4. The number of aliphatic imine (C=N–C) groups is 2. The second-order valence-corrected chi connectivity index (χ2v) is 12.5. The molecule has 1 aromatic heterocycles. The Bertz CT molecular complexity index is 2430. The van der Waals surface area contributed by atoms with Gasteiger partial charge in [0, 0.05) is 22.0 Å². The second-order valence-electron chi connectivity index (χ2n) is 12.5. The number of anilines is 1.